The van der Waals surface area contributed by atoms with E-state index in [4.69, 9.17) is 9.26 Å². The molecule has 0 aliphatic rings. The largest absolute Gasteiger partial charge is 0.497 e. The van der Waals surface area contributed by atoms with Gasteiger partial charge in [0.2, 0.25) is 17.6 Å². The molecule has 0 fully saturated rings. The Kier molecular flexibility index (Phi) is 7.38. The van der Waals surface area contributed by atoms with Crippen LogP contribution in [0.3, 0.4) is 0 Å². The van der Waals surface area contributed by atoms with Crippen molar-refractivity contribution >= 4 is 5.91 Å². The van der Waals surface area contributed by atoms with Gasteiger partial charge in [-0.3, -0.25) is 14.2 Å². The number of benzene rings is 2. The summed E-state index contributed by atoms with van der Waals surface area (Å²) >= 11 is 0. The number of amides is 1. The fourth-order valence-corrected chi connectivity index (χ4v) is 3.53. The zero-order chi connectivity index (χ0) is 25.7. The summed E-state index contributed by atoms with van der Waals surface area (Å²) in [7, 11) is 1.58. The Morgan fingerprint density at radius 3 is 2.64 bits per heavy atom. The molecule has 0 aliphatic heterocycles. The summed E-state index contributed by atoms with van der Waals surface area (Å²) in [5.74, 6) is 0.648. The van der Waals surface area contributed by atoms with Gasteiger partial charge in [0.05, 0.1) is 12.8 Å². The van der Waals surface area contributed by atoms with Crippen LogP contribution in [-0.4, -0.2) is 37.5 Å². The lowest BCUT2D eigenvalue weighted by Crippen LogP contribution is -2.41. The highest BCUT2D eigenvalue weighted by molar-refractivity contribution is 5.76. The highest BCUT2D eigenvalue weighted by Gasteiger charge is 2.20. The number of nitrogens with zero attached hydrogens (tertiary/aromatic N) is 5. The molecule has 1 N–H and O–H groups in total. The zero-order valence-electron chi connectivity index (χ0n) is 20.2. The summed E-state index contributed by atoms with van der Waals surface area (Å²) < 4.78 is 12.6. The first-order chi connectivity index (χ1) is 17.4. The van der Waals surface area contributed by atoms with Crippen molar-refractivity contribution in [3.63, 3.8) is 0 Å². The summed E-state index contributed by atoms with van der Waals surface area (Å²) in [4.78, 5) is 42.2. The van der Waals surface area contributed by atoms with E-state index in [1.807, 2.05) is 43.3 Å². The number of ether oxygens (including phenoxy) is 1. The minimum Gasteiger partial charge on any atom is -0.497 e. The number of aromatic nitrogens is 5. The average Bonchev–Trinajstić information content (AvgIpc) is 3.36. The minimum atomic E-state index is -0.616. The van der Waals surface area contributed by atoms with Gasteiger partial charge in [0, 0.05) is 25.9 Å². The summed E-state index contributed by atoms with van der Waals surface area (Å²) in [6, 6.07) is 14.6. The fraction of sp³-hybridized carbons (Fsp3) is 0.280. The molecule has 36 heavy (non-hydrogen) atoms. The standard InChI is InChI=1S/C25H26N6O5/c1-4-30-24(33)22(28-31(25(30)34)18-10-8-16(2)9-11-18)23-27-21(36-29-23)13-12-20(32)26-15-17-6-5-7-19(14-17)35-3/h5-11,14H,4,12-13,15H2,1-3H3,(H,26,32). The summed E-state index contributed by atoms with van der Waals surface area (Å²) in [5, 5.41) is 10.9. The first kappa shape index (κ1) is 24.6. The van der Waals surface area contributed by atoms with E-state index in [1.165, 1.54) is 0 Å². The van der Waals surface area contributed by atoms with E-state index in [0.717, 1.165) is 20.4 Å². The molecule has 2 heterocycles. The smallest absolute Gasteiger partial charge is 0.352 e. The van der Waals surface area contributed by atoms with Crippen LogP contribution in [0, 0.1) is 6.92 Å². The van der Waals surface area contributed by atoms with Gasteiger partial charge in [-0.2, -0.15) is 14.8 Å². The van der Waals surface area contributed by atoms with Gasteiger partial charge in [-0.05, 0) is 43.7 Å². The molecule has 2 aromatic heterocycles. The number of hydrogen-bond acceptors (Lipinski definition) is 8. The molecule has 4 aromatic rings. The van der Waals surface area contributed by atoms with Crippen LogP contribution in [0.15, 0.2) is 62.6 Å². The van der Waals surface area contributed by atoms with Crippen molar-refractivity contribution in [2.24, 2.45) is 0 Å². The number of aryl methyl sites for hydroxylation is 2. The molecule has 0 bridgehead atoms. The molecule has 2 aromatic carbocycles. The van der Waals surface area contributed by atoms with Crippen molar-refractivity contribution < 1.29 is 14.1 Å². The number of carbonyl (C=O) groups excluding carboxylic acids is 1. The van der Waals surface area contributed by atoms with Crippen molar-refractivity contribution in [2.45, 2.75) is 39.8 Å². The third-order valence-corrected chi connectivity index (χ3v) is 5.52. The normalized spacial score (nSPS) is 10.9. The van der Waals surface area contributed by atoms with Crippen LogP contribution in [0.5, 0.6) is 5.75 Å². The maximum atomic E-state index is 12.9. The van der Waals surface area contributed by atoms with Crippen LogP contribution in [0.25, 0.3) is 17.2 Å². The summed E-state index contributed by atoms with van der Waals surface area (Å²) in [5.41, 5.74) is 1.14. The average molecular weight is 491 g/mol. The van der Waals surface area contributed by atoms with E-state index < -0.39 is 11.2 Å². The van der Waals surface area contributed by atoms with Gasteiger partial charge < -0.3 is 14.6 Å². The van der Waals surface area contributed by atoms with Crippen LogP contribution in [0.4, 0.5) is 0 Å². The molecule has 11 heteroatoms. The van der Waals surface area contributed by atoms with Gasteiger partial charge in [0.1, 0.15) is 5.75 Å². The van der Waals surface area contributed by atoms with E-state index >= 15 is 0 Å². The van der Waals surface area contributed by atoms with Gasteiger partial charge in [0.15, 0.2) is 5.69 Å². The first-order valence-electron chi connectivity index (χ1n) is 11.4. The van der Waals surface area contributed by atoms with Crippen LogP contribution in [-0.2, 0) is 24.3 Å². The molecule has 0 saturated heterocycles. The molecular weight excluding hydrogens is 464 g/mol. The lowest BCUT2D eigenvalue weighted by Gasteiger charge is -2.09. The second-order valence-corrected chi connectivity index (χ2v) is 8.07. The van der Waals surface area contributed by atoms with Crippen LogP contribution < -0.4 is 21.3 Å². The molecule has 4 rings (SSSR count). The third kappa shape index (κ3) is 5.40. The van der Waals surface area contributed by atoms with Crippen molar-refractivity contribution in [3.05, 3.63) is 86.4 Å². The molecule has 0 aliphatic carbocycles. The number of methoxy groups -OCH3 is 1. The highest BCUT2D eigenvalue weighted by atomic mass is 16.5. The topological polar surface area (TPSA) is 134 Å². The van der Waals surface area contributed by atoms with E-state index in [2.05, 4.69) is 20.6 Å². The van der Waals surface area contributed by atoms with E-state index in [9.17, 15) is 14.4 Å². The first-order valence-corrected chi connectivity index (χ1v) is 11.4. The Morgan fingerprint density at radius 1 is 1.14 bits per heavy atom. The van der Waals surface area contributed by atoms with E-state index in [0.29, 0.717) is 18.0 Å². The molecule has 0 spiro atoms. The van der Waals surface area contributed by atoms with Crippen molar-refractivity contribution in [3.8, 4) is 23.0 Å². The second kappa shape index (κ2) is 10.8. The molecule has 11 nitrogen and oxygen atoms in total. The molecule has 186 valence electrons. The van der Waals surface area contributed by atoms with E-state index in [1.54, 1.807) is 26.2 Å². The number of carbonyl (C=O) groups is 1. The van der Waals surface area contributed by atoms with Gasteiger partial charge in [-0.1, -0.05) is 35.0 Å². The van der Waals surface area contributed by atoms with Crippen molar-refractivity contribution in [1.29, 1.82) is 0 Å². The number of rotatable bonds is 9. The van der Waals surface area contributed by atoms with Gasteiger partial charge in [0.25, 0.3) is 5.56 Å². The zero-order valence-corrected chi connectivity index (χ0v) is 20.2. The van der Waals surface area contributed by atoms with Crippen LogP contribution >= 0.6 is 0 Å². The fourth-order valence-electron chi connectivity index (χ4n) is 3.53. The lowest BCUT2D eigenvalue weighted by molar-refractivity contribution is -0.121. The Bertz CT molecular complexity index is 1490. The van der Waals surface area contributed by atoms with Crippen LogP contribution in [0.2, 0.25) is 0 Å². The second-order valence-electron chi connectivity index (χ2n) is 8.07. The number of hydrogen-bond donors (Lipinski definition) is 1. The van der Waals surface area contributed by atoms with Gasteiger partial charge in [-0.15, -0.1) is 0 Å². The Hall–Kier alpha value is -4.54. The maximum absolute atomic E-state index is 12.9. The lowest BCUT2D eigenvalue weighted by atomic mass is 10.2. The Morgan fingerprint density at radius 2 is 1.92 bits per heavy atom. The minimum absolute atomic E-state index is 0.0464. The van der Waals surface area contributed by atoms with Gasteiger partial charge in [-0.25, -0.2) is 4.79 Å². The van der Waals surface area contributed by atoms with Crippen molar-refractivity contribution in [1.82, 2.24) is 29.8 Å². The molecular formula is C25H26N6O5. The van der Waals surface area contributed by atoms with Crippen molar-refractivity contribution in [2.75, 3.05) is 7.11 Å². The van der Waals surface area contributed by atoms with E-state index in [-0.39, 0.29) is 42.7 Å². The Labute approximate surface area is 206 Å². The maximum Gasteiger partial charge on any atom is 0.352 e. The third-order valence-electron chi connectivity index (χ3n) is 5.52. The van der Waals surface area contributed by atoms with Gasteiger partial charge >= 0.3 is 5.69 Å². The molecule has 1 amide bonds. The molecule has 0 radical (unpaired) electrons. The number of nitrogens with one attached hydrogen (secondary N) is 1. The Balaban J connectivity index is 1.49. The monoisotopic (exact) mass is 490 g/mol. The predicted octanol–water partition coefficient (Wildman–Crippen LogP) is 2.03. The van der Waals surface area contributed by atoms with Crippen LogP contribution in [0.1, 0.15) is 30.4 Å². The highest BCUT2D eigenvalue weighted by Crippen LogP contribution is 2.13. The SMILES string of the molecule is CCn1c(=O)c(-c2noc(CCC(=O)NCc3cccc(OC)c3)n2)nn(-c2ccc(C)cc2)c1=O. The molecule has 0 saturated carbocycles. The predicted molar refractivity (Wildman–Crippen MR) is 131 cm³/mol. The quantitative estimate of drug-likeness (QED) is 0.377. The molecule has 0 atom stereocenters. The summed E-state index contributed by atoms with van der Waals surface area (Å²) in [6.07, 6.45) is 0.289. The molecule has 0 unspecified atom stereocenters. The summed E-state index contributed by atoms with van der Waals surface area (Å²) in [6.45, 7) is 4.12.